The molecule has 0 fully saturated rings. The zero-order chi connectivity index (χ0) is 16.1. The number of furan rings is 1. The van der Waals surface area contributed by atoms with Gasteiger partial charge in [0, 0.05) is 17.5 Å². The molecule has 2 rings (SSSR count). The summed E-state index contributed by atoms with van der Waals surface area (Å²) in [5, 5.41) is 3.59. The first-order valence-corrected chi connectivity index (χ1v) is 7.45. The number of rotatable bonds is 6. The SMILES string of the molecule is CCCNC(=O)C(C)OC(=O)Cc1coc2cc(C)ccc12. The molecule has 1 aromatic heterocycles. The Hall–Kier alpha value is -2.30. The maximum Gasteiger partial charge on any atom is 0.311 e. The van der Waals surface area contributed by atoms with Crippen LogP contribution < -0.4 is 5.32 Å². The number of hydrogen-bond acceptors (Lipinski definition) is 4. The van der Waals surface area contributed by atoms with Gasteiger partial charge in [-0.15, -0.1) is 0 Å². The van der Waals surface area contributed by atoms with E-state index in [0.29, 0.717) is 6.54 Å². The van der Waals surface area contributed by atoms with E-state index in [1.165, 1.54) is 0 Å². The number of esters is 1. The maximum atomic E-state index is 12.0. The molecule has 118 valence electrons. The van der Waals surface area contributed by atoms with E-state index in [-0.39, 0.29) is 12.3 Å². The molecule has 1 atom stereocenters. The molecule has 0 aliphatic heterocycles. The van der Waals surface area contributed by atoms with Gasteiger partial charge in [0.25, 0.3) is 5.91 Å². The molecule has 1 aromatic carbocycles. The highest BCUT2D eigenvalue weighted by atomic mass is 16.5. The molecule has 1 N–H and O–H groups in total. The van der Waals surface area contributed by atoms with Gasteiger partial charge in [0.05, 0.1) is 12.7 Å². The number of aryl methyl sites for hydroxylation is 1. The minimum absolute atomic E-state index is 0.0848. The molecule has 1 amide bonds. The van der Waals surface area contributed by atoms with Crippen molar-refractivity contribution in [3.05, 3.63) is 35.6 Å². The van der Waals surface area contributed by atoms with E-state index in [1.807, 2.05) is 32.0 Å². The van der Waals surface area contributed by atoms with Gasteiger partial charge in [0.15, 0.2) is 6.10 Å². The fraction of sp³-hybridized carbons (Fsp3) is 0.412. The fourth-order valence-electron chi connectivity index (χ4n) is 2.17. The first-order chi connectivity index (χ1) is 10.5. The van der Waals surface area contributed by atoms with Crippen LogP contribution in [-0.4, -0.2) is 24.5 Å². The molecule has 5 heteroatoms. The highest BCUT2D eigenvalue weighted by Crippen LogP contribution is 2.23. The number of benzene rings is 1. The molecule has 0 saturated carbocycles. The van der Waals surface area contributed by atoms with Gasteiger partial charge in [0.1, 0.15) is 5.58 Å². The molecular weight excluding hydrogens is 282 g/mol. The predicted octanol–water partition coefficient (Wildman–Crippen LogP) is 2.74. The topological polar surface area (TPSA) is 68.5 Å². The number of hydrogen-bond donors (Lipinski definition) is 1. The van der Waals surface area contributed by atoms with Gasteiger partial charge in [-0.3, -0.25) is 9.59 Å². The number of carbonyl (C=O) groups excluding carboxylic acids is 2. The van der Waals surface area contributed by atoms with Gasteiger partial charge in [-0.25, -0.2) is 0 Å². The van der Waals surface area contributed by atoms with Crippen molar-refractivity contribution < 1.29 is 18.7 Å². The summed E-state index contributed by atoms with van der Waals surface area (Å²) < 4.78 is 10.6. The Bertz CT molecular complexity index is 674. The van der Waals surface area contributed by atoms with Gasteiger partial charge >= 0.3 is 5.97 Å². The van der Waals surface area contributed by atoms with E-state index in [0.717, 1.165) is 28.5 Å². The lowest BCUT2D eigenvalue weighted by Gasteiger charge is -2.12. The normalized spacial score (nSPS) is 12.1. The highest BCUT2D eigenvalue weighted by molar-refractivity contribution is 5.88. The zero-order valence-corrected chi connectivity index (χ0v) is 13.1. The van der Waals surface area contributed by atoms with E-state index < -0.39 is 12.1 Å². The number of fused-ring (bicyclic) bond motifs is 1. The van der Waals surface area contributed by atoms with E-state index in [4.69, 9.17) is 9.15 Å². The molecule has 0 saturated heterocycles. The molecule has 1 unspecified atom stereocenters. The molecule has 22 heavy (non-hydrogen) atoms. The summed E-state index contributed by atoms with van der Waals surface area (Å²) in [5.74, 6) is -0.717. The van der Waals surface area contributed by atoms with Crippen LogP contribution in [0.5, 0.6) is 0 Å². The quantitative estimate of drug-likeness (QED) is 0.833. The van der Waals surface area contributed by atoms with Crippen molar-refractivity contribution in [2.75, 3.05) is 6.54 Å². The van der Waals surface area contributed by atoms with Crippen LogP contribution in [0, 0.1) is 6.92 Å². The van der Waals surface area contributed by atoms with Gasteiger partial charge in [0.2, 0.25) is 0 Å². The summed E-state index contributed by atoms with van der Waals surface area (Å²) >= 11 is 0. The minimum Gasteiger partial charge on any atom is -0.464 e. The van der Waals surface area contributed by atoms with Crippen LogP contribution in [-0.2, 0) is 20.7 Å². The van der Waals surface area contributed by atoms with Gasteiger partial charge in [-0.05, 0) is 31.9 Å². The zero-order valence-electron chi connectivity index (χ0n) is 13.1. The Morgan fingerprint density at radius 1 is 1.36 bits per heavy atom. The summed E-state index contributed by atoms with van der Waals surface area (Å²) in [4.78, 5) is 23.6. The van der Waals surface area contributed by atoms with Crippen LogP contribution in [0.2, 0.25) is 0 Å². The second kappa shape index (κ2) is 7.11. The second-order valence-corrected chi connectivity index (χ2v) is 5.36. The summed E-state index contributed by atoms with van der Waals surface area (Å²) in [7, 11) is 0. The summed E-state index contributed by atoms with van der Waals surface area (Å²) in [6, 6.07) is 5.81. The first-order valence-electron chi connectivity index (χ1n) is 7.45. The molecular formula is C17H21NO4. The molecule has 0 bridgehead atoms. The second-order valence-electron chi connectivity index (χ2n) is 5.36. The Morgan fingerprint density at radius 3 is 2.86 bits per heavy atom. The molecule has 0 aliphatic rings. The monoisotopic (exact) mass is 303 g/mol. The largest absolute Gasteiger partial charge is 0.464 e. The molecule has 5 nitrogen and oxygen atoms in total. The van der Waals surface area contributed by atoms with Crippen LogP contribution in [0.1, 0.15) is 31.4 Å². The van der Waals surface area contributed by atoms with Gasteiger partial charge < -0.3 is 14.5 Å². The lowest BCUT2D eigenvalue weighted by molar-refractivity contribution is -0.154. The van der Waals surface area contributed by atoms with E-state index in [9.17, 15) is 9.59 Å². The summed E-state index contributed by atoms with van der Waals surface area (Å²) in [6.45, 7) is 6.08. The van der Waals surface area contributed by atoms with E-state index >= 15 is 0 Å². The van der Waals surface area contributed by atoms with Crippen molar-refractivity contribution in [2.24, 2.45) is 0 Å². The fourth-order valence-corrected chi connectivity index (χ4v) is 2.17. The Labute approximate surface area is 129 Å². The number of carbonyl (C=O) groups is 2. The van der Waals surface area contributed by atoms with Crippen molar-refractivity contribution in [1.29, 1.82) is 0 Å². The third kappa shape index (κ3) is 3.87. The van der Waals surface area contributed by atoms with Gasteiger partial charge in [-0.2, -0.15) is 0 Å². The average Bonchev–Trinajstić information content (AvgIpc) is 2.86. The standard InChI is InChI=1S/C17H21NO4/c1-4-7-18-17(20)12(3)22-16(19)9-13-10-21-15-8-11(2)5-6-14(13)15/h5-6,8,10,12H,4,7,9H2,1-3H3,(H,18,20). The van der Waals surface area contributed by atoms with Crippen molar-refractivity contribution in [3.63, 3.8) is 0 Å². The van der Waals surface area contributed by atoms with E-state index in [1.54, 1.807) is 13.2 Å². The molecule has 0 spiro atoms. The van der Waals surface area contributed by atoms with Crippen LogP contribution in [0.3, 0.4) is 0 Å². The van der Waals surface area contributed by atoms with Crippen LogP contribution in [0.4, 0.5) is 0 Å². The first kappa shape index (κ1) is 16.1. The Balaban J connectivity index is 1.97. The summed E-state index contributed by atoms with van der Waals surface area (Å²) in [6.07, 6.45) is 1.70. The number of amides is 1. The van der Waals surface area contributed by atoms with Crippen molar-refractivity contribution in [1.82, 2.24) is 5.32 Å². The molecule has 0 aliphatic carbocycles. The van der Waals surface area contributed by atoms with Crippen LogP contribution in [0.25, 0.3) is 11.0 Å². The highest BCUT2D eigenvalue weighted by Gasteiger charge is 2.18. The number of nitrogens with one attached hydrogen (secondary N) is 1. The Kier molecular flexibility index (Phi) is 5.20. The summed E-state index contributed by atoms with van der Waals surface area (Å²) in [5.41, 5.74) is 2.61. The third-order valence-electron chi connectivity index (χ3n) is 3.37. The molecule has 2 aromatic rings. The minimum atomic E-state index is -0.792. The lowest BCUT2D eigenvalue weighted by atomic mass is 10.1. The van der Waals surface area contributed by atoms with Crippen molar-refractivity contribution in [2.45, 2.75) is 39.7 Å². The van der Waals surface area contributed by atoms with Crippen molar-refractivity contribution >= 4 is 22.8 Å². The smallest absolute Gasteiger partial charge is 0.311 e. The third-order valence-corrected chi connectivity index (χ3v) is 3.37. The van der Waals surface area contributed by atoms with E-state index in [2.05, 4.69) is 5.32 Å². The lowest BCUT2D eigenvalue weighted by Crippen LogP contribution is -2.36. The average molecular weight is 303 g/mol. The van der Waals surface area contributed by atoms with Gasteiger partial charge in [-0.1, -0.05) is 19.1 Å². The van der Waals surface area contributed by atoms with Crippen LogP contribution >= 0.6 is 0 Å². The molecule has 1 heterocycles. The predicted molar refractivity (Wildman–Crippen MR) is 83.5 cm³/mol. The van der Waals surface area contributed by atoms with Crippen LogP contribution in [0.15, 0.2) is 28.9 Å². The van der Waals surface area contributed by atoms with Crippen molar-refractivity contribution in [3.8, 4) is 0 Å². The maximum absolute atomic E-state index is 12.0. The molecule has 0 radical (unpaired) electrons. The number of ether oxygens (including phenoxy) is 1. The Morgan fingerprint density at radius 2 is 2.14 bits per heavy atom.